The minimum absolute atomic E-state index is 0.141. The van der Waals surface area contributed by atoms with Gasteiger partial charge in [0, 0.05) is 36.1 Å². The molecule has 0 radical (unpaired) electrons. The first-order valence-corrected chi connectivity index (χ1v) is 9.00. The lowest BCUT2D eigenvalue weighted by Crippen LogP contribution is -2.24. The fourth-order valence-electron chi connectivity index (χ4n) is 2.66. The van der Waals surface area contributed by atoms with Crippen LogP contribution in [0, 0.1) is 17.8 Å². The number of benzene rings is 1. The van der Waals surface area contributed by atoms with Gasteiger partial charge in [-0.15, -0.1) is 0 Å². The van der Waals surface area contributed by atoms with Crippen LogP contribution in [0.25, 0.3) is 5.70 Å². The fraction of sp³-hybridized carbons (Fsp3) is 0.429. The smallest absolute Gasteiger partial charge is 0.136 e. The van der Waals surface area contributed by atoms with E-state index in [-0.39, 0.29) is 6.10 Å². The Kier molecular flexibility index (Phi) is 6.03. The Labute approximate surface area is 149 Å². The number of allylic oxidation sites excluding steroid dienone is 1. The summed E-state index contributed by atoms with van der Waals surface area (Å²) in [5.74, 6) is 7.62. The molecule has 2 aliphatic rings. The molecule has 0 aromatic heterocycles. The zero-order chi connectivity index (χ0) is 17.5. The van der Waals surface area contributed by atoms with Crippen LogP contribution in [0.3, 0.4) is 0 Å². The van der Waals surface area contributed by atoms with E-state index in [2.05, 4.69) is 11.8 Å². The summed E-state index contributed by atoms with van der Waals surface area (Å²) in [6, 6.07) is 7.93. The summed E-state index contributed by atoms with van der Waals surface area (Å²) in [4.78, 5) is 0. The Balaban J connectivity index is 1.57. The minimum atomic E-state index is 0.141. The van der Waals surface area contributed by atoms with Gasteiger partial charge in [-0.1, -0.05) is 24.0 Å². The molecule has 1 aromatic carbocycles. The monoisotopic (exact) mass is 338 g/mol. The summed E-state index contributed by atoms with van der Waals surface area (Å²) < 4.78 is 11.4. The molecule has 0 bridgehead atoms. The van der Waals surface area contributed by atoms with Gasteiger partial charge in [0.2, 0.25) is 0 Å². The summed E-state index contributed by atoms with van der Waals surface area (Å²) in [5.41, 5.74) is 14.4. The van der Waals surface area contributed by atoms with Crippen LogP contribution in [-0.4, -0.2) is 19.3 Å². The summed E-state index contributed by atoms with van der Waals surface area (Å²) >= 11 is 0. The largest absolute Gasteiger partial charge is 0.489 e. The third-order valence-corrected chi connectivity index (χ3v) is 4.39. The van der Waals surface area contributed by atoms with E-state index in [9.17, 15) is 0 Å². The van der Waals surface area contributed by atoms with Crippen LogP contribution < -0.4 is 11.5 Å². The molecular weight excluding hydrogens is 312 g/mol. The van der Waals surface area contributed by atoms with Crippen molar-refractivity contribution >= 4 is 5.70 Å². The van der Waals surface area contributed by atoms with Gasteiger partial charge in [-0.05, 0) is 49.8 Å². The van der Waals surface area contributed by atoms with Gasteiger partial charge in [-0.3, -0.25) is 0 Å². The van der Waals surface area contributed by atoms with E-state index >= 15 is 0 Å². The average molecular weight is 338 g/mol. The van der Waals surface area contributed by atoms with E-state index in [1.807, 2.05) is 24.3 Å². The Morgan fingerprint density at radius 1 is 1.20 bits per heavy atom. The van der Waals surface area contributed by atoms with Gasteiger partial charge in [-0.25, -0.2) is 0 Å². The second-order valence-electron chi connectivity index (χ2n) is 6.59. The van der Waals surface area contributed by atoms with E-state index in [4.69, 9.17) is 20.9 Å². The summed E-state index contributed by atoms with van der Waals surface area (Å²) in [6.07, 6.45) is 9.15. The molecule has 25 heavy (non-hydrogen) atoms. The molecule has 1 saturated heterocycles. The third kappa shape index (κ3) is 5.58. The van der Waals surface area contributed by atoms with Crippen molar-refractivity contribution in [2.24, 2.45) is 17.4 Å². The number of hydrogen-bond donors (Lipinski definition) is 2. The Hall–Kier alpha value is -2.38. The highest BCUT2D eigenvalue weighted by molar-refractivity contribution is 5.65. The van der Waals surface area contributed by atoms with E-state index < -0.39 is 0 Å². The molecule has 2 fully saturated rings. The van der Waals surface area contributed by atoms with Gasteiger partial charge in [0.15, 0.2) is 0 Å². The molecule has 1 aromatic rings. The molecule has 4 heteroatoms. The van der Waals surface area contributed by atoms with Gasteiger partial charge in [0.1, 0.15) is 12.4 Å². The maximum Gasteiger partial charge on any atom is 0.136 e. The van der Waals surface area contributed by atoms with Crippen LogP contribution in [0.15, 0.2) is 42.3 Å². The molecular formula is C21H26N2O2. The Morgan fingerprint density at radius 2 is 2.00 bits per heavy atom. The van der Waals surface area contributed by atoms with Crippen LogP contribution >= 0.6 is 0 Å². The van der Waals surface area contributed by atoms with Crippen LogP contribution in [0.2, 0.25) is 0 Å². The first-order valence-electron chi connectivity index (χ1n) is 9.00. The first-order chi connectivity index (χ1) is 12.2. The van der Waals surface area contributed by atoms with Crippen molar-refractivity contribution in [1.29, 1.82) is 0 Å². The quantitative estimate of drug-likeness (QED) is 0.492. The van der Waals surface area contributed by atoms with Gasteiger partial charge >= 0.3 is 0 Å². The molecule has 4 N–H and O–H groups in total. The van der Waals surface area contributed by atoms with E-state index in [0.29, 0.717) is 24.0 Å². The molecule has 1 heterocycles. The summed E-state index contributed by atoms with van der Waals surface area (Å²) in [7, 11) is 0. The maximum absolute atomic E-state index is 6.18. The van der Waals surface area contributed by atoms with Crippen molar-refractivity contribution in [1.82, 2.24) is 0 Å². The highest BCUT2D eigenvalue weighted by Gasteiger charge is 2.17. The lowest BCUT2D eigenvalue weighted by molar-refractivity contribution is -0.0242. The maximum atomic E-state index is 6.18. The highest BCUT2D eigenvalue weighted by atomic mass is 16.5. The second kappa shape index (κ2) is 8.64. The fourth-order valence-corrected chi connectivity index (χ4v) is 2.66. The molecule has 1 unspecified atom stereocenters. The van der Waals surface area contributed by atoms with Gasteiger partial charge in [0.25, 0.3) is 0 Å². The van der Waals surface area contributed by atoms with Crippen molar-refractivity contribution in [3.63, 3.8) is 0 Å². The van der Waals surface area contributed by atoms with E-state index in [0.717, 1.165) is 30.6 Å². The van der Waals surface area contributed by atoms with Crippen LogP contribution in [0.1, 0.15) is 43.2 Å². The van der Waals surface area contributed by atoms with Crippen LogP contribution in [0.5, 0.6) is 0 Å². The second-order valence-corrected chi connectivity index (χ2v) is 6.59. The number of nitrogens with two attached hydrogens (primary N) is 2. The Bertz CT molecular complexity index is 685. The molecule has 0 amide bonds. The molecule has 1 aliphatic heterocycles. The van der Waals surface area contributed by atoms with E-state index in [1.165, 1.54) is 25.5 Å². The van der Waals surface area contributed by atoms with Crippen molar-refractivity contribution < 1.29 is 9.47 Å². The van der Waals surface area contributed by atoms with Gasteiger partial charge in [0.05, 0.1) is 6.10 Å². The SMILES string of the molecule is N/C=C(\C=C(/N)c1ccc(C#CC2CC2)cc1)OCC1CCCCO1. The van der Waals surface area contributed by atoms with Crippen molar-refractivity contribution in [2.75, 3.05) is 13.2 Å². The van der Waals surface area contributed by atoms with Crippen LogP contribution in [-0.2, 0) is 9.47 Å². The molecule has 132 valence electrons. The standard InChI is InChI=1S/C21H26N2O2/c22-14-20(25-15-19-3-1-2-12-24-19)13-21(23)18-10-8-17(9-11-18)7-6-16-4-5-16/h8-11,13-14,16,19H,1-5,12,15,22-23H2/b20-14+,21-13-. The lowest BCUT2D eigenvalue weighted by atomic mass is 10.1. The van der Waals surface area contributed by atoms with Gasteiger partial charge < -0.3 is 20.9 Å². The predicted octanol–water partition coefficient (Wildman–Crippen LogP) is 3.13. The number of rotatable bonds is 5. The predicted molar refractivity (Wildman–Crippen MR) is 100 cm³/mol. The highest BCUT2D eigenvalue weighted by Crippen LogP contribution is 2.27. The normalized spacial score (nSPS) is 21.4. The Morgan fingerprint density at radius 3 is 2.64 bits per heavy atom. The molecule has 1 aliphatic carbocycles. The number of hydrogen-bond acceptors (Lipinski definition) is 4. The average Bonchev–Trinajstić information content (AvgIpc) is 3.49. The topological polar surface area (TPSA) is 70.5 Å². The number of ether oxygens (including phenoxy) is 2. The van der Waals surface area contributed by atoms with Crippen molar-refractivity contribution in [3.8, 4) is 11.8 Å². The van der Waals surface area contributed by atoms with Crippen molar-refractivity contribution in [2.45, 2.75) is 38.2 Å². The molecule has 1 saturated carbocycles. The molecule has 4 nitrogen and oxygen atoms in total. The first kappa shape index (κ1) is 17.4. The molecule has 0 spiro atoms. The van der Waals surface area contributed by atoms with E-state index in [1.54, 1.807) is 6.08 Å². The zero-order valence-corrected chi connectivity index (χ0v) is 14.5. The summed E-state index contributed by atoms with van der Waals surface area (Å²) in [5, 5.41) is 0. The molecule has 1 atom stereocenters. The molecule has 3 rings (SSSR count). The van der Waals surface area contributed by atoms with Crippen LogP contribution in [0.4, 0.5) is 0 Å². The zero-order valence-electron chi connectivity index (χ0n) is 14.5. The third-order valence-electron chi connectivity index (χ3n) is 4.39. The lowest BCUT2D eigenvalue weighted by Gasteiger charge is -2.22. The minimum Gasteiger partial charge on any atom is -0.489 e. The summed E-state index contributed by atoms with van der Waals surface area (Å²) in [6.45, 7) is 1.31. The van der Waals surface area contributed by atoms with Crippen molar-refractivity contribution in [3.05, 3.63) is 53.4 Å². The van der Waals surface area contributed by atoms with Gasteiger partial charge in [-0.2, -0.15) is 0 Å².